The van der Waals surface area contributed by atoms with Crippen molar-refractivity contribution in [1.29, 1.82) is 0 Å². The maximum Gasteiger partial charge on any atom is 0.282 e. The van der Waals surface area contributed by atoms with E-state index in [-0.39, 0.29) is 28.1 Å². The summed E-state index contributed by atoms with van der Waals surface area (Å²) in [6.07, 6.45) is 3.13. The van der Waals surface area contributed by atoms with Gasteiger partial charge in [0.2, 0.25) is 0 Å². The van der Waals surface area contributed by atoms with Crippen LogP contribution in [0.25, 0.3) is 5.69 Å². The summed E-state index contributed by atoms with van der Waals surface area (Å²) in [5.41, 5.74) is -0.462. The van der Waals surface area contributed by atoms with E-state index >= 15 is 0 Å². The van der Waals surface area contributed by atoms with Gasteiger partial charge < -0.3 is 5.32 Å². The van der Waals surface area contributed by atoms with E-state index in [4.69, 9.17) is 0 Å². The summed E-state index contributed by atoms with van der Waals surface area (Å²) in [4.78, 5) is 16.0. The molecule has 2 heterocycles. The van der Waals surface area contributed by atoms with Crippen LogP contribution in [0.3, 0.4) is 0 Å². The van der Waals surface area contributed by atoms with Crippen molar-refractivity contribution in [3.05, 3.63) is 29.6 Å². The van der Waals surface area contributed by atoms with Crippen LogP contribution >= 0.6 is 0 Å². The van der Waals surface area contributed by atoms with Crippen molar-refractivity contribution in [3.63, 3.8) is 0 Å². The molecule has 0 aromatic carbocycles. The van der Waals surface area contributed by atoms with Gasteiger partial charge in [0, 0.05) is 12.3 Å². The molecule has 1 aliphatic carbocycles. The number of pyridine rings is 1. The summed E-state index contributed by atoms with van der Waals surface area (Å²) in [6.45, 7) is 1.22. The molecule has 0 atom stereocenters. The normalized spacial score (nSPS) is 15.4. The minimum atomic E-state index is -3.49. The second-order valence-corrected chi connectivity index (χ2v) is 8.59. The van der Waals surface area contributed by atoms with Gasteiger partial charge in [-0.05, 0) is 31.9 Å². The number of ketones is 1. The lowest BCUT2D eigenvalue weighted by molar-refractivity contribution is 0.0998. The number of carbonyl (C=O) groups is 1. The van der Waals surface area contributed by atoms with E-state index in [0.29, 0.717) is 0 Å². The minimum absolute atomic E-state index is 0.0623. The third-order valence-corrected chi connectivity index (χ3v) is 5.51. The third-order valence-electron chi connectivity index (χ3n) is 4.51. The lowest BCUT2D eigenvalue weighted by Gasteiger charge is -2.16. The molecular weight excluding hydrogens is 378 g/mol. The van der Waals surface area contributed by atoms with Crippen LogP contribution in [0.4, 0.5) is 14.6 Å². The van der Waals surface area contributed by atoms with Gasteiger partial charge in [0.25, 0.3) is 6.43 Å². The molecule has 1 fully saturated rings. The minimum Gasteiger partial charge on any atom is -0.367 e. The van der Waals surface area contributed by atoms with Gasteiger partial charge in [0.05, 0.1) is 17.4 Å². The predicted molar refractivity (Wildman–Crippen MR) is 95.3 cm³/mol. The topological polar surface area (TPSA) is 94.0 Å². The van der Waals surface area contributed by atoms with Gasteiger partial charge >= 0.3 is 0 Å². The number of nitrogens with zero attached hydrogens (tertiary/aromatic N) is 3. The number of carbonyl (C=O) groups excluding carboxylic acids is 1. The first-order chi connectivity index (χ1) is 12.7. The molecule has 7 nitrogen and oxygen atoms in total. The molecule has 27 heavy (non-hydrogen) atoms. The molecule has 10 heteroatoms. The van der Waals surface area contributed by atoms with Crippen molar-refractivity contribution in [2.75, 3.05) is 11.6 Å². The molecule has 3 rings (SSSR count). The van der Waals surface area contributed by atoms with E-state index in [9.17, 15) is 22.0 Å². The Kier molecular flexibility index (Phi) is 5.27. The molecule has 2 aromatic heterocycles. The Morgan fingerprint density at radius 2 is 1.96 bits per heavy atom. The highest BCUT2D eigenvalue weighted by molar-refractivity contribution is 7.90. The number of halogens is 2. The zero-order chi connectivity index (χ0) is 19.8. The molecule has 0 amide bonds. The molecule has 0 saturated heterocycles. The second-order valence-electron chi connectivity index (χ2n) is 6.63. The van der Waals surface area contributed by atoms with E-state index in [2.05, 4.69) is 15.4 Å². The van der Waals surface area contributed by atoms with Crippen LogP contribution in [0.2, 0.25) is 0 Å². The molecule has 1 aliphatic rings. The average molecular weight is 398 g/mol. The molecule has 2 aromatic rings. The molecular formula is C17H20F2N4O3S. The van der Waals surface area contributed by atoms with Crippen LogP contribution in [0.5, 0.6) is 0 Å². The van der Waals surface area contributed by atoms with Crippen molar-refractivity contribution < 1.29 is 22.0 Å². The number of Topliss-reactive ketones (excluding diaryl/α,β-unsaturated/α-hetero) is 1. The Labute approximate surface area is 155 Å². The number of rotatable bonds is 6. The third kappa shape index (κ3) is 4.00. The fourth-order valence-electron chi connectivity index (χ4n) is 3.24. The van der Waals surface area contributed by atoms with E-state index in [1.54, 1.807) is 0 Å². The Bertz CT molecular complexity index is 949. The van der Waals surface area contributed by atoms with Crippen LogP contribution in [0, 0.1) is 0 Å². The highest BCUT2D eigenvalue weighted by atomic mass is 32.2. The number of hydrogen-bond acceptors (Lipinski definition) is 6. The molecule has 0 radical (unpaired) electrons. The number of sulfone groups is 1. The second kappa shape index (κ2) is 7.34. The molecule has 1 saturated carbocycles. The highest BCUT2D eigenvalue weighted by Crippen LogP contribution is 2.33. The van der Waals surface area contributed by atoms with Crippen molar-refractivity contribution in [1.82, 2.24) is 14.8 Å². The quantitative estimate of drug-likeness (QED) is 0.751. The van der Waals surface area contributed by atoms with Crippen molar-refractivity contribution in [2.24, 2.45) is 0 Å². The van der Waals surface area contributed by atoms with Crippen molar-refractivity contribution in [2.45, 2.75) is 50.1 Å². The molecule has 1 N–H and O–H groups in total. The molecule has 0 spiro atoms. The van der Waals surface area contributed by atoms with Gasteiger partial charge in [-0.15, -0.1) is 0 Å². The first-order valence-corrected chi connectivity index (χ1v) is 10.4. The van der Waals surface area contributed by atoms with Crippen LogP contribution < -0.4 is 5.32 Å². The number of anilines is 1. The number of hydrogen-bond donors (Lipinski definition) is 1. The maximum absolute atomic E-state index is 13.5. The molecule has 0 aliphatic heterocycles. The van der Waals surface area contributed by atoms with Gasteiger partial charge in [0.1, 0.15) is 11.5 Å². The monoisotopic (exact) mass is 398 g/mol. The summed E-state index contributed by atoms with van der Waals surface area (Å²) in [7, 11) is -3.49. The van der Waals surface area contributed by atoms with Crippen LogP contribution in [0.1, 0.15) is 55.1 Å². The molecule has 0 unspecified atom stereocenters. The fourth-order valence-corrected chi connectivity index (χ4v) is 3.79. The predicted octanol–water partition coefficient (Wildman–Crippen LogP) is 3.17. The van der Waals surface area contributed by atoms with E-state index in [1.807, 2.05) is 0 Å². The van der Waals surface area contributed by atoms with Gasteiger partial charge in [-0.3, -0.25) is 4.79 Å². The van der Waals surface area contributed by atoms with E-state index in [0.717, 1.165) is 31.9 Å². The van der Waals surface area contributed by atoms with Gasteiger partial charge in [-0.1, -0.05) is 12.8 Å². The van der Waals surface area contributed by atoms with Crippen LogP contribution in [0.15, 0.2) is 23.4 Å². The van der Waals surface area contributed by atoms with Crippen LogP contribution in [-0.2, 0) is 9.84 Å². The Balaban J connectivity index is 2.12. The van der Waals surface area contributed by atoms with E-state index in [1.165, 1.54) is 29.9 Å². The molecule has 146 valence electrons. The van der Waals surface area contributed by atoms with E-state index < -0.39 is 27.7 Å². The molecule has 0 bridgehead atoms. The first-order valence-electron chi connectivity index (χ1n) is 8.53. The SMILES string of the molecule is CC(=O)c1c(C(F)F)nn(-c2ccc(S(C)(=O)=O)nc2)c1NC1CCCC1. The number of nitrogens with one attached hydrogen (secondary N) is 1. The first kappa shape index (κ1) is 19.4. The Hall–Kier alpha value is -2.36. The maximum atomic E-state index is 13.5. The smallest absolute Gasteiger partial charge is 0.282 e. The Morgan fingerprint density at radius 3 is 2.44 bits per heavy atom. The summed E-state index contributed by atoms with van der Waals surface area (Å²) < 4.78 is 51.3. The van der Waals surface area contributed by atoms with Crippen molar-refractivity contribution >= 4 is 21.4 Å². The lowest BCUT2D eigenvalue weighted by Crippen LogP contribution is -2.19. The zero-order valence-electron chi connectivity index (χ0n) is 14.9. The average Bonchev–Trinajstić information content (AvgIpc) is 3.22. The standard InChI is InChI=1S/C17H20F2N4O3S/c1-10(24)14-15(16(18)19)22-23(17(14)21-11-5-3-4-6-11)12-7-8-13(20-9-12)27(2,25)26/h7-9,11,16,21H,3-6H2,1-2H3. The van der Waals surface area contributed by atoms with Crippen molar-refractivity contribution in [3.8, 4) is 5.69 Å². The lowest BCUT2D eigenvalue weighted by atomic mass is 10.1. The summed E-state index contributed by atoms with van der Waals surface area (Å²) in [5.74, 6) is -0.323. The number of aromatic nitrogens is 3. The van der Waals surface area contributed by atoms with Crippen LogP contribution in [-0.4, -0.2) is 41.3 Å². The van der Waals surface area contributed by atoms with Gasteiger partial charge in [0.15, 0.2) is 20.6 Å². The summed E-state index contributed by atoms with van der Waals surface area (Å²) >= 11 is 0. The number of alkyl halides is 2. The van der Waals surface area contributed by atoms with Gasteiger partial charge in [-0.25, -0.2) is 26.9 Å². The summed E-state index contributed by atoms with van der Waals surface area (Å²) in [5, 5.41) is 6.97. The summed E-state index contributed by atoms with van der Waals surface area (Å²) in [6, 6.07) is 2.77. The Morgan fingerprint density at radius 1 is 1.30 bits per heavy atom. The van der Waals surface area contributed by atoms with Gasteiger partial charge in [-0.2, -0.15) is 5.10 Å². The highest BCUT2D eigenvalue weighted by Gasteiger charge is 2.29. The largest absolute Gasteiger partial charge is 0.367 e. The fraction of sp³-hybridized carbons (Fsp3) is 0.471. The zero-order valence-corrected chi connectivity index (χ0v) is 15.8.